The fourth-order valence-electron chi connectivity index (χ4n) is 3.30. The van der Waals surface area contributed by atoms with Gasteiger partial charge in [0.15, 0.2) is 11.3 Å². The van der Waals surface area contributed by atoms with Crippen LogP contribution in [-0.2, 0) is 7.05 Å². The number of rotatable bonds is 2. The molecule has 0 N–H and O–H groups in total. The molecule has 0 aliphatic carbocycles. The average Bonchev–Trinajstić information content (AvgIpc) is 3.26. The number of nitrogens with zero attached hydrogens (tertiary/aromatic N) is 10. The van der Waals surface area contributed by atoms with Gasteiger partial charge in [-0.2, -0.15) is 9.61 Å². The number of fused-ring (bicyclic) bond motifs is 2. The number of anilines is 2. The molecule has 4 aromatic rings. The third kappa shape index (κ3) is 2.38. The predicted molar refractivity (Wildman–Crippen MR) is 99.2 cm³/mol. The van der Waals surface area contributed by atoms with Gasteiger partial charge in [0.1, 0.15) is 28.9 Å². The molecule has 11 heteroatoms. The molecule has 4 aromatic heterocycles. The van der Waals surface area contributed by atoms with Crippen LogP contribution in [0.4, 0.5) is 11.6 Å². The van der Waals surface area contributed by atoms with Gasteiger partial charge in [-0.05, 0) is 28.1 Å². The van der Waals surface area contributed by atoms with Crippen molar-refractivity contribution in [2.45, 2.75) is 0 Å². The number of piperazine rings is 1. The molecule has 10 nitrogen and oxygen atoms in total. The topological polar surface area (TPSA) is 93.2 Å². The first-order valence-electron chi connectivity index (χ1n) is 8.21. The lowest BCUT2D eigenvalue weighted by Gasteiger charge is -2.36. The van der Waals surface area contributed by atoms with E-state index in [2.05, 4.69) is 56.1 Å². The summed E-state index contributed by atoms with van der Waals surface area (Å²) in [5.41, 5.74) is 1.57. The first-order valence-corrected chi connectivity index (χ1v) is 9.00. The van der Waals surface area contributed by atoms with Crippen molar-refractivity contribution in [2.75, 3.05) is 36.0 Å². The largest absolute Gasteiger partial charge is 0.352 e. The maximum absolute atomic E-state index is 4.58. The molecule has 26 heavy (non-hydrogen) atoms. The molecule has 0 radical (unpaired) electrons. The van der Waals surface area contributed by atoms with Crippen molar-refractivity contribution in [3.63, 3.8) is 0 Å². The van der Waals surface area contributed by atoms with Crippen molar-refractivity contribution >= 4 is 44.2 Å². The maximum atomic E-state index is 4.58. The Kier molecular flexibility index (Phi) is 3.48. The highest BCUT2D eigenvalue weighted by atomic mass is 79.9. The Morgan fingerprint density at radius 2 is 1.81 bits per heavy atom. The molecule has 0 amide bonds. The summed E-state index contributed by atoms with van der Waals surface area (Å²) in [6.07, 6.45) is 3.21. The lowest BCUT2D eigenvalue weighted by atomic mass is 10.2. The molecule has 0 unspecified atom stereocenters. The van der Waals surface area contributed by atoms with E-state index < -0.39 is 0 Å². The van der Waals surface area contributed by atoms with E-state index in [4.69, 9.17) is 0 Å². The van der Waals surface area contributed by atoms with Crippen molar-refractivity contribution in [1.29, 1.82) is 0 Å². The number of hydrogen-bond acceptors (Lipinski definition) is 8. The van der Waals surface area contributed by atoms with E-state index in [-0.39, 0.29) is 0 Å². The molecule has 5 rings (SSSR count). The summed E-state index contributed by atoms with van der Waals surface area (Å²) in [5, 5.41) is 17.8. The summed E-state index contributed by atoms with van der Waals surface area (Å²) in [6, 6.07) is 3.92. The summed E-state index contributed by atoms with van der Waals surface area (Å²) >= 11 is 3.53. The van der Waals surface area contributed by atoms with Crippen molar-refractivity contribution in [3.8, 4) is 0 Å². The van der Waals surface area contributed by atoms with Crippen LogP contribution in [0.3, 0.4) is 0 Å². The summed E-state index contributed by atoms with van der Waals surface area (Å²) in [7, 11) is 1.88. The molecule has 0 spiro atoms. The van der Waals surface area contributed by atoms with Crippen molar-refractivity contribution in [1.82, 2.24) is 39.6 Å². The van der Waals surface area contributed by atoms with E-state index in [0.29, 0.717) is 0 Å². The monoisotopic (exact) mass is 414 g/mol. The van der Waals surface area contributed by atoms with E-state index in [1.54, 1.807) is 21.9 Å². The Hall–Kier alpha value is -2.82. The zero-order valence-electron chi connectivity index (χ0n) is 14.0. The number of aromatic nitrogens is 8. The fourth-order valence-corrected chi connectivity index (χ4v) is 3.89. The summed E-state index contributed by atoms with van der Waals surface area (Å²) in [5.74, 6) is 1.84. The van der Waals surface area contributed by atoms with E-state index >= 15 is 0 Å². The Morgan fingerprint density at radius 1 is 1.00 bits per heavy atom. The summed E-state index contributed by atoms with van der Waals surface area (Å²) in [6.45, 7) is 3.39. The van der Waals surface area contributed by atoms with Gasteiger partial charge in [0.05, 0.1) is 5.39 Å². The third-order valence-corrected chi connectivity index (χ3v) is 5.16. The van der Waals surface area contributed by atoms with Crippen molar-refractivity contribution in [2.24, 2.45) is 7.05 Å². The molecular formula is C15H15BrN10. The minimum absolute atomic E-state index is 0.747. The lowest BCUT2D eigenvalue weighted by Crippen LogP contribution is -2.47. The average molecular weight is 415 g/mol. The van der Waals surface area contributed by atoms with Crippen LogP contribution in [0.5, 0.6) is 0 Å². The standard InChI is InChI=1S/C15H15BrN10/c1-23-14-12(13(16)22-23)15(18-8-17-14)25-6-4-24(5-7-25)11-3-2-10-20-19-9-26(10)21-11/h2-3,8-9H,4-7H2,1H3. The molecular weight excluding hydrogens is 400 g/mol. The summed E-state index contributed by atoms with van der Waals surface area (Å²) in [4.78, 5) is 13.4. The van der Waals surface area contributed by atoms with E-state index in [9.17, 15) is 0 Å². The predicted octanol–water partition coefficient (Wildman–Crippen LogP) is 0.890. The zero-order valence-corrected chi connectivity index (χ0v) is 15.6. The van der Waals surface area contributed by atoms with Gasteiger partial charge in [-0.15, -0.1) is 15.3 Å². The van der Waals surface area contributed by atoms with Gasteiger partial charge in [-0.1, -0.05) is 0 Å². The third-order valence-electron chi connectivity index (χ3n) is 4.61. The molecule has 1 aliphatic heterocycles. The van der Waals surface area contributed by atoms with Gasteiger partial charge >= 0.3 is 0 Å². The first-order chi connectivity index (χ1) is 12.7. The smallest absolute Gasteiger partial charge is 0.177 e. The Bertz CT molecular complexity index is 1090. The second-order valence-corrected chi connectivity index (χ2v) is 6.86. The molecule has 5 heterocycles. The Morgan fingerprint density at radius 3 is 2.65 bits per heavy atom. The minimum Gasteiger partial charge on any atom is -0.352 e. The van der Waals surface area contributed by atoms with Gasteiger partial charge in [0.2, 0.25) is 0 Å². The Balaban J connectivity index is 1.40. The van der Waals surface area contributed by atoms with Crippen LogP contribution in [0.25, 0.3) is 16.7 Å². The quantitative estimate of drug-likeness (QED) is 0.477. The normalized spacial score (nSPS) is 15.3. The van der Waals surface area contributed by atoms with Crippen molar-refractivity contribution in [3.05, 3.63) is 29.4 Å². The fraction of sp³-hybridized carbons (Fsp3) is 0.333. The highest BCUT2D eigenvalue weighted by molar-refractivity contribution is 9.10. The molecule has 0 saturated carbocycles. The number of halogens is 1. The van der Waals surface area contributed by atoms with E-state index in [1.165, 1.54) is 0 Å². The van der Waals surface area contributed by atoms with Gasteiger partial charge in [0, 0.05) is 33.2 Å². The molecule has 1 fully saturated rings. The van der Waals surface area contributed by atoms with Crippen LogP contribution >= 0.6 is 15.9 Å². The summed E-state index contributed by atoms with van der Waals surface area (Å²) < 4.78 is 4.23. The number of hydrogen-bond donors (Lipinski definition) is 0. The molecule has 0 bridgehead atoms. The Labute approximate surface area is 156 Å². The molecule has 0 aromatic carbocycles. The molecule has 132 valence electrons. The van der Waals surface area contributed by atoms with E-state index in [1.807, 2.05) is 19.2 Å². The van der Waals surface area contributed by atoms with Gasteiger partial charge in [0.25, 0.3) is 0 Å². The van der Waals surface area contributed by atoms with E-state index in [0.717, 1.165) is 59.1 Å². The number of aryl methyl sites for hydroxylation is 1. The van der Waals surface area contributed by atoms with Gasteiger partial charge < -0.3 is 9.80 Å². The highest BCUT2D eigenvalue weighted by Gasteiger charge is 2.23. The first kappa shape index (κ1) is 15.4. The minimum atomic E-state index is 0.747. The van der Waals surface area contributed by atoms with Crippen molar-refractivity contribution < 1.29 is 0 Å². The van der Waals surface area contributed by atoms with Crippen LogP contribution in [0, 0.1) is 0 Å². The lowest BCUT2D eigenvalue weighted by molar-refractivity contribution is 0.637. The zero-order chi connectivity index (χ0) is 17.7. The SMILES string of the molecule is Cn1nc(Br)c2c(N3CCN(c4ccc5nncn5n4)CC3)ncnc21. The molecule has 1 saturated heterocycles. The second-order valence-electron chi connectivity index (χ2n) is 6.11. The van der Waals surface area contributed by atoms with Gasteiger partial charge in [-0.3, -0.25) is 0 Å². The van der Waals surface area contributed by atoms with Crippen LogP contribution in [0.2, 0.25) is 0 Å². The molecule has 1 aliphatic rings. The van der Waals surface area contributed by atoms with Crippen LogP contribution in [0.1, 0.15) is 0 Å². The maximum Gasteiger partial charge on any atom is 0.177 e. The highest BCUT2D eigenvalue weighted by Crippen LogP contribution is 2.30. The van der Waals surface area contributed by atoms with Crippen LogP contribution < -0.4 is 9.80 Å². The van der Waals surface area contributed by atoms with Crippen LogP contribution in [0.15, 0.2) is 29.4 Å². The second kappa shape index (κ2) is 5.87. The van der Waals surface area contributed by atoms with Gasteiger partial charge in [-0.25, -0.2) is 14.6 Å². The molecule has 0 atom stereocenters. The van der Waals surface area contributed by atoms with Crippen LogP contribution in [-0.4, -0.2) is 65.7 Å².